The quantitative estimate of drug-likeness (QED) is 0.830. The zero-order valence-corrected chi connectivity index (χ0v) is 14.9. The summed E-state index contributed by atoms with van der Waals surface area (Å²) in [6, 6.07) is 12.3. The lowest BCUT2D eigenvalue weighted by Crippen LogP contribution is -2.18. The smallest absolute Gasteiger partial charge is 0.231 e. The van der Waals surface area contributed by atoms with Gasteiger partial charge in [0.25, 0.3) is 0 Å². The molecule has 0 saturated carbocycles. The molecule has 3 heterocycles. The second kappa shape index (κ2) is 6.09. The fourth-order valence-corrected chi connectivity index (χ4v) is 4.06. The van der Waals surface area contributed by atoms with Gasteiger partial charge in [-0.1, -0.05) is 26.0 Å². The highest BCUT2D eigenvalue weighted by molar-refractivity contribution is 5.46. The van der Waals surface area contributed by atoms with Crippen LogP contribution in [-0.4, -0.2) is 19.7 Å². The van der Waals surface area contributed by atoms with Crippen molar-refractivity contribution in [1.29, 1.82) is 0 Å². The molecule has 0 bridgehead atoms. The highest BCUT2D eigenvalue weighted by Gasteiger charge is 2.40. The van der Waals surface area contributed by atoms with E-state index < -0.39 is 0 Å². The maximum absolute atomic E-state index is 6.49. The fraction of sp³-hybridized carbons (Fsp3) is 0.429. The summed E-state index contributed by atoms with van der Waals surface area (Å²) in [6.07, 6.45) is 1.10. The second-order valence-corrected chi connectivity index (χ2v) is 7.32. The van der Waals surface area contributed by atoms with Crippen molar-refractivity contribution in [3.05, 3.63) is 47.5 Å². The van der Waals surface area contributed by atoms with E-state index in [2.05, 4.69) is 38.1 Å². The van der Waals surface area contributed by atoms with Gasteiger partial charge < -0.3 is 23.7 Å². The van der Waals surface area contributed by atoms with E-state index in [0.29, 0.717) is 25.4 Å². The topological polar surface area (TPSA) is 46.2 Å². The van der Waals surface area contributed by atoms with Gasteiger partial charge in [-0.25, -0.2) is 0 Å². The van der Waals surface area contributed by atoms with E-state index in [1.54, 1.807) is 0 Å². The Kier molecular flexibility index (Phi) is 3.71. The molecule has 0 spiro atoms. The summed E-state index contributed by atoms with van der Waals surface area (Å²) in [5.41, 5.74) is 2.37. The summed E-state index contributed by atoms with van der Waals surface area (Å²) >= 11 is 0. The van der Waals surface area contributed by atoms with E-state index in [9.17, 15) is 0 Å². The third-order valence-corrected chi connectivity index (χ3v) is 5.81. The van der Waals surface area contributed by atoms with E-state index in [4.69, 9.17) is 23.7 Å². The number of benzene rings is 2. The summed E-state index contributed by atoms with van der Waals surface area (Å²) in [6.45, 7) is 5.14. The maximum Gasteiger partial charge on any atom is 0.231 e. The number of ether oxygens (including phenoxy) is 5. The van der Waals surface area contributed by atoms with Gasteiger partial charge >= 0.3 is 0 Å². The van der Waals surface area contributed by atoms with Crippen LogP contribution in [0.2, 0.25) is 0 Å². The largest absolute Gasteiger partial charge is 0.454 e. The van der Waals surface area contributed by atoms with Crippen molar-refractivity contribution in [2.75, 3.05) is 13.6 Å². The minimum Gasteiger partial charge on any atom is -0.454 e. The van der Waals surface area contributed by atoms with Crippen molar-refractivity contribution < 1.29 is 23.7 Å². The first-order valence-electron chi connectivity index (χ1n) is 9.12. The average molecular weight is 354 g/mol. The van der Waals surface area contributed by atoms with Crippen LogP contribution >= 0.6 is 0 Å². The lowest BCUT2D eigenvalue weighted by atomic mass is 9.85. The van der Waals surface area contributed by atoms with Crippen LogP contribution < -0.4 is 18.9 Å². The average Bonchev–Trinajstić information content (AvgIpc) is 3.36. The SMILES string of the molecule is CC1C(Cc2ccc3c(c2)OCO3)OC(c2ccc3c(c2)OCO3)C1C. The molecule has 136 valence electrons. The Bertz CT molecular complexity index is 833. The van der Waals surface area contributed by atoms with Crippen molar-refractivity contribution in [2.24, 2.45) is 11.8 Å². The van der Waals surface area contributed by atoms with Gasteiger partial charge in [-0.15, -0.1) is 0 Å². The summed E-state index contributed by atoms with van der Waals surface area (Å²) in [4.78, 5) is 0. The van der Waals surface area contributed by atoms with Crippen LogP contribution in [0.4, 0.5) is 0 Å². The summed E-state index contributed by atoms with van der Waals surface area (Å²) < 4.78 is 28.3. The van der Waals surface area contributed by atoms with Crippen LogP contribution in [0.15, 0.2) is 36.4 Å². The monoisotopic (exact) mass is 354 g/mol. The fourth-order valence-electron chi connectivity index (χ4n) is 4.06. The van der Waals surface area contributed by atoms with Gasteiger partial charge in [-0.05, 0) is 53.6 Å². The number of hydrogen-bond acceptors (Lipinski definition) is 5. The first-order valence-corrected chi connectivity index (χ1v) is 9.12. The third kappa shape index (κ3) is 2.58. The highest BCUT2D eigenvalue weighted by atomic mass is 16.7. The minimum atomic E-state index is 0.0681. The van der Waals surface area contributed by atoms with Gasteiger partial charge in [0, 0.05) is 0 Å². The number of hydrogen-bond donors (Lipinski definition) is 0. The molecular formula is C21H22O5. The molecule has 0 N–H and O–H groups in total. The Hall–Kier alpha value is -2.40. The van der Waals surface area contributed by atoms with Crippen molar-refractivity contribution in [3.63, 3.8) is 0 Å². The van der Waals surface area contributed by atoms with E-state index in [0.717, 1.165) is 35.0 Å². The van der Waals surface area contributed by atoms with Crippen LogP contribution in [0.3, 0.4) is 0 Å². The summed E-state index contributed by atoms with van der Waals surface area (Å²) in [5, 5.41) is 0. The summed E-state index contributed by atoms with van der Waals surface area (Å²) in [5.74, 6) is 4.15. The molecular weight excluding hydrogens is 332 g/mol. The predicted octanol–water partition coefficient (Wildman–Crippen LogP) is 4.10. The van der Waals surface area contributed by atoms with Crippen molar-refractivity contribution in [1.82, 2.24) is 0 Å². The van der Waals surface area contributed by atoms with Crippen LogP contribution in [0.1, 0.15) is 31.1 Å². The van der Waals surface area contributed by atoms with Gasteiger partial charge in [-0.3, -0.25) is 0 Å². The van der Waals surface area contributed by atoms with Crippen LogP contribution in [-0.2, 0) is 11.2 Å². The zero-order valence-electron chi connectivity index (χ0n) is 14.9. The molecule has 5 heteroatoms. The molecule has 3 aliphatic heterocycles. The molecule has 26 heavy (non-hydrogen) atoms. The van der Waals surface area contributed by atoms with Gasteiger partial charge in [0.05, 0.1) is 12.2 Å². The predicted molar refractivity (Wildman–Crippen MR) is 94.8 cm³/mol. The van der Waals surface area contributed by atoms with Gasteiger partial charge in [0.2, 0.25) is 13.6 Å². The third-order valence-electron chi connectivity index (χ3n) is 5.81. The maximum atomic E-state index is 6.49. The molecule has 2 aromatic carbocycles. The molecule has 5 rings (SSSR count). The molecule has 5 nitrogen and oxygen atoms in total. The Balaban J connectivity index is 1.35. The first-order chi connectivity index (χ1) is 12.7. The Labute approximate surface area is 152 Å². The zero-order chi connectivity index (χ0) is 17.7. The minimum absolute atomic E-state index is 0.0681. The van der Waals surface area contributed by atoms with Crippen LogP contribution in [0, 0.1) is 11.8 Å². The van der Waals surface area contributed by atoms with Crippen molar-refractivity contribution >= 4 is 0 Å². The molecule has 4 unspecified atom stereocenters. The van der Waals surface area contributed by atoms with Gasteiger partial charge in [0.15, 0.2) is 23.0 Å². The highest BCUT2D eigenvalue weighted by Crippen LogP contribution is 2.45. The van der Waals surface area contributed by atoms with E-state index in [-0.39, 0.29) is 12.2 Å². The number of fused-ring (bicyclic) bond motifs is 2. The van der Waals surface area contributed by atoms with Crippen LogP contribution in [0.5, 0.6) is 23.0 Å². The molecule has 0 amide bonds. The normalized spacial score (nSPS) is 28.5. The molecule has 4 atom stereocenters. The Morgan fingerprint density at radius 3 is 2.19 bits per heavy atom. The molecule has 1 saturated heterocycles. The number of rotatable bonds is 3. The lowest BCUT2D eigenvalue weighted by Gasteiger charge is -2.16. The lowest BCUT2D eigenvalue weighted by molar-refractivity contribution is 0.0302. The molecule has 0 aliphatic carbocycles. The molecule has 0 radical (unpaired) electrons. The van der Waals surface area contributed by atoms with E-state index >= 15 is 0 Å². The summed E-state index contributed by atoms with van der Waals surface area (Å²) in [7, 11) is 0. The van der Waals surface area contributed by atoms with Gasteiger partial charge in [0.1, 0.15) is 0 Å². The Morgan fingerprint density at radius 2 is 1.42 bits per heavy atom. The van der Waals surface area contributed by atoms with E-state index in [1.165, 1.54) is 5.56 Å². The van der Waals surface area contributed by atoms with Crippen molar-refractivity contribution in [3.8, 4) is 23.0 Å². The molecule has 2 aromatic rings. The first kappa shape index (κ1) is 15.8. The second-order valence-electron chi connectivity index (χ2n) is 7.32. The Morgan fingerprint density at radius 1 is 0.769 bits per heavy atom. The molecule has 0 aromatic heterocycles. The molecule has 1 fully saturated rings. The standard InChI is InChI=1S/C21H22O5/c1-12-13(2)21(15-4-6-17-20(9-15)25-11-23-17)26-18(12)7-14-3-5-16-19(8-14)24-10-22-16/h3-6,8-9,12-13,18,21H,7,10-11H2,1-2H3. The van der Waals surface area contributed by atoms with Gasteiger partial charge in [-0.2, -0.15) is 0 Å². The molecule has 3 aliphatic rings. The van der Waals surface area contributed by atoms with Crippen LogP contribution in [0.25, 0.3) is 0 Å². The van der Waals surface area contributed by atoms with Crippen molar-refractivity contribution in [2.45, 2.75) is 32.5 Å². The van der Waals surface area contributed by atoms with E-state index in [1.807, 2.05) is 12.1 Å².